The molecule has 0 bridgehead atoms. The molecule has 222 valence electrons. The summed E-state index contributed by atoms with van der Waals surface area (Å²) in [7, 11) is 2.05. The molecule has 3 heteroatoms. The Morgan fingerprint density at radius 1 is 1.03 bits per heavy atom. The van der Waals surface area contributed by atoms with Gasteiger partial charge in [0.15, 0.2) is 0 Å². The molecule has 0 aliphatic carbocycles. The minimum absolute atomic E-state index is 0.0391. The first-order valence-electron chi connectivity index (χ1n) is 15.9. The van der Waals surface area contributed by atoms with Gasteiger partial charge in [-0.2, -0.15) is 0 Å². The first-order valence-corrected chi connectivity index (χ1v) is 15.9. The van der Waals surface area contributed by atoms with E-state index in [1.807, 2.05) is 20.8 Å². The molecular formula is C34H69NO2. The zero-order valence-electron chi connectivity index (χ0n) is 27.2. The Labute approximate surface area is 234 Å². The summed E-state index contributed by atoms with van der Waals surface area (Å²) in [6.07, 6.45) is 14.8. The van der Waals surface area contributed by atoms with Crippen LogP contribution in [0.4, 0.5) is 0 Å². The van der Waals surface area contributed by atoms with Crippen LogP contribution in [0.1, 0.15) is 133 Å². The molecule has 37 heavy (non-hydrogen) atoms. The van der Waals surface area contributed by atoms with Crippen molar-refractivity contribution in [2.45, 2.75) is 158 Å². The number of nitrogens with zero attached hydrogens (tertiary/aromatic N) is 1. The average molecular weight is 524 g/mol. The second-order valence-electron chi connectivity index (χ2n) is 11.5. The van der Waals surface area contributed by atoms with Gasteiger partial charge in [0, 0.05) is 6.04 Å². The molecule has 3 nitrogen and oxygen atoms in total. The van der Waals surface area contributed by atoms with Gasteiger partial charge in [-0.15, -0.1) is 6.58 Å². The molecule has 0 amide bonds. The molecule has 1 aliphatic rings. The summed E-state index contributed by atoms with van der Waals surface area (Å²) in [4.78, 5) is 2.19. The highest BCUT2D eigenvalue weighted by molar-refractivity contribution is 5.01. The molecule has 8 atom stereocenters. The maximum atomic E-state index is 9.89. The largest absolute Gasteiger partial charge is 0.389 e. The Hall–Kier alpha value is -0.640. The lowest BCUT2D eigenvalue weighted by Crippen LogP contribution is -2.53. The van der Waals surface area contributed by atoms with Crippen LogP contribution in [0, 0.1) is 23.7 Å². The third-order valence-electron chi connectivity index (χ3n) is 8.60. The molecule has 1 heterocycles. The highest BCUT2D eigenvalue weighted by Gasteiger charge is 2.35. The number of rotatable bonds is 16. The lowest BCUT2D eigenvalue weighted by Gasteiger charge is -2.41. The monoisotopic (exact) mass is 524 g/mol. The van der Waals surface area contributed by atoms with Crippen LogP contribution in [0.15, 0.2) is 24.8 Å². The van der Waals surface area contributed by atoms with E-state index in [1.54, 1.807) is 0 Å². The summed E-state index contributed by atoms with van der Waals surface area (Å²) >= 11 is 0. The van der Waals surface area contributed by atoms with E-state index in [9.17, 15) is 5.11 Å². The van der Waals surface area contributed by atoms with Crippen molar-refractivity contribution in [3.63, 3.8) is 0 Å². The van der Waals surface area contributed by atoms with Crippen molar-refractivity contribution < 1.29 is 9.84 Å². The van der Waals surface area contributed by atoms with E-state index in [2.05, 4.69) is 79.6 Å². The Morgan fingerprint density at radius 3 is 2.16 bits per heavy atom. The van der Waals surface area contributed by atoms with Crippen LogP contribution in [0.2, 0.25) is 0 Å². The molecular weight excluding hydrogens is 454 g/mol. The van der Waals surface area contributed by atoms with Crippen molar-refractivity contribution >= 4 is 0 Å². The van der Waals surface area contributed by atoms with Crippen molar-refractivity contribution in [2.75, 3.05) is 13.6 Å². The van der Waals surface area contributed by atoms with Crippen LogP contribution in [0.25, 0.3) is 0 Å². The number of unbranched alkanes of at least 4 members (excludes halogenated alkanes) is 1. The lowest BCUT2D eigenvalue weighted by molar-refractivity contribution is -0.136. The maximum absolute atomic E-state index is 9.89. The minimum Gasteiger partial charge on any atom is -0.389 e. The van der Waals surface area contributed by atoms with E-state index in [0.717, 1.165) is 24.8 Å². The third-order valence-corrected chi connectivity index (χ3v) is 8.60. The van der Waals surface area contributed by atoms with Crippen molar-refractivity contribution in [3.8, 4) is 0 Å². The Bertz CT molecular complexity index is 548. The van der Waals surface area contributed by atoms with Crippen LogP contribution in [0.5, 0.6) is 0 Å². The highest BCUT2D eigenvalue weighted by Crippen LogP contribution is 2.29. The van der Waals surface area contributed by atoms with E-state index in [4.69, 9.17) is 4.74 Å². The zero-order chi connectivity index (χ0) is 29.0. The second kappa shape index (κ2) is 23.3. The van der Waals surface area contributed by atoms with Crippen LogP contribution < -0.4 is 0 Å². The van der Waals surface area contributed by atoms with Crippen molar-refractivity contribution in [2.24, 2.45) is 23.7 Å². The lowest BCUT2D eigenvalue weighted by atomic mass is 9.82. The van der Waals surface area contributed by atoms with Crippen molar-refractivity contribution in [3.05, 3.63) is 24.8 Å². The average Bonchev–Trinajstić information content (AvgIpc) is 2.91. The van der Waals surface area contributed by atoms with Crippen molar-refractivity contribution in [1.29, 1.82) is 0 Å². The van der Waals surface area contributed by atoms with Gasteiger partial charge in [-0.25, -0.2) is 0 Å². The number of likely N-dealkylation sites (N-methyl/N-ethyl adjacent to an activating group) is 1. The highest BCUT2D eigenvalue weighted by atomic mass is 16.5. The maximum Gasteiger partial charge on any atom is 0.0954 e. The first kappa shape index (κ1) is 38.5. The Balaban J connectivity index is 0. The van der Waals surface area contributed by atoms with E-state index >= 15 is 0 Å². The van der Waals surface area contributed by atoms with E-state index < -0.39 is 0 Å². The smallest absolute Gasteiger partial charge is 0.0954 e. The van der Waals surface area contributed by atoms with E-state index in [-0.39, 0.29) is 24.4 Å². The standard InChI is InChI=1S/C22H42.C10H21NO2.C2H6/c1-8-11-14-19(5)21(7)20(6)16-17-22(10-3)15-12-13-18(4)9-2;1-5-11(4)9-6-7(2)13-8(3)10(9)12;1-2/h9,18-19,21-22H,2,6,8,10-17H2,1,3-5,7H3;7-10,12H,5-6H2,1-4H3;1-2H3. The molecule has 0 aromatic heterocycles. The van der Waals surface area contributed by atoms with Gasteiger partial charge < -0.3 is 14.7 Å². The van der Waals surface area contributed by atoms with E-state index in [0.29, 0.717) is 11.8 Å². The Kier molecular flexibility index (Phi) is 24.2. The van der Waals surface area contributed by atoms with Gasteiger partial charge in [-0.1, -0.05) is 112 Å². The summed E-state index contributed by atoms with van der Waals surface area (Å²) in [6.45, 7) is 31.1. The molecule has 8 unspecified atom stereocenters. The molecule has 1 saturated heterocycles. The van der Waals surface area contributed by atoms with Gasteiger partial charge in [-0.3, -0.25) is 0 Å². The van der Waals surface area contributed by atoms with Crippen LogP contribution in [-0.4, -0.2) is 48.0 Å². The summed E-state index contributed by atoms with van der Waals surface area (Å²) in [5.74, 6) is 3.03. The molecule has 0 radical (unpaired) electrons. The third kappa shape index (κ3) is 16.8. The second-order valence-corrected chi connectivity index (χ2v) is 11.5. The molecule has 1 rings (SSSR count). The predicted molar refractivity (Wildman–Crippen MR) is 167 cm³/mol. The van der Waals surface area contributed by atoms with Crippen molar-refractivity contribution in [1.82, 2.24) is 4.90 Å². The number of hydrogen-bond acceptors (Lipinski definition) is 3. The topological polar surface area (TPSA) is 32.7 Å². The molecule has 0 aromatic rings. The predicted octanol–water partition coefficient (Wildman–Crippen LogP) is 9.69. The molecule has 0 saturated carbocycles. The van der Waals surface area contributed by atoms with Crippen LogP contribution in [-0.2, 0) is 4.74 Å². The number of aliphatic hydroxyl groups excluding tert-OH is 1. The number of ether oxygens (including phenoxy) is 1. The number of allylic oxidation sites excluding steroid dienone is 2. The van der Waals surface area contributed by atoms with E-state index in [1.165, 1.54) is 63.4 Å². The fourth-order valence-corrected chi connectivity index (χ4v) is 5.16. The van der Waals surface area contributed by atoms with Crippen LogP contribution >= 0.6 is 0 Å². The SMILES string of the molecule is C=CC(C)CCCC(CC)CCC(=C)C(C)C(C)CCCC.CC.CCN(C)C1CC(C)OC(C)C1O. The molecule has 1 fully saturated rings. The summed E-state index contributed by atoms with van der Waals surface area (Å²) in [5.41, 5.74) is 1.49. The van der Waals surface area contributed by atoms with Crippen LogP contribution in [0.3, 0.4) is 0 Å². The fourth-order valence-electron chi connectivity index (χ4n) is 5.16. The minimum atomic E-state index is -0.346. The quantitative estimate of drug-likeness (QED) is 0.204. The zero-order valence-corrected chi connectivity index (χ0v) is 27.2. The molecule has 1 N–H and O–H groups in total. The normalized spacial score (nSPS) is 24.6. The summed E-state index contributed by atoms with van der Waals surface area (Å²) in [5, 5.41) is 9.89. The summed E-state index contributed by atoms with van der Waals surface area (Å²) < 4.78 is 5.55. The Morgan fingerprint density at radius 2 is 1.65 bits per heavy atom. The molecule has 1 aliphatic heterocycles. The van der Waals surface area contributed by atoms with Gasteiger partial charge in [0.1, 0.15) is 0 Å². The van der Waals surface area contributed by atoms with Gasteiger partial charge in [0.05, 0.1) is 18.3 Å². The number of aliphatic hydroxyl groups is 1. The number of hydrogen-bond donors (Lipinski definition) is 1. The van der Waals surface area contributed by atoms with Gasteiger partial charge in [0.2, 0.25) is 0 Å². The van der Waals surface area contributed by atoms with Gasteiger partial charge in [-0.05, 0) is 76.8 Å². The summed E-state index contributed by atoms with van der Waals surface area (Å²) in [6, 6.07) is 0.253. The first-order chi connectivity index (χ1) is 17.5. The molecule has 0 aromatic carbocycles. The molecule has 0 spiro atoms. The fraction of sp³-hybridized carbons (Fsp3) is 0.882. The van der Waals surface area contributed by atoms with Gasteiger partial charge >= 0.3 is 0 Å². The van der Waals surface area contributed by atoms with Gasteiger partial charge in [0.25, 0.3) is 0 Å².